The molecule has 0 aliphatic carbocycles. The zero-order valence-electron chi connectivity index (χ0n) is 14.0. The highest BCUT2D eigenvalue weighted by Gasteiger charge is 2.06. The molecule has 0 fully saturated rings. The molecule has 134 valence electrons. The van der Waals surface area contributed by atoms with Gasteiger partial charge in [-0.1, -0.05) is 17.7 Å². The van der Waals surface area contributed by atoms with E-state index in [0.717, 1.165) is 5.56 Å². The lowest BCUT2D eigenvalue weighted by molar-refractivity contribution is 0.246. The molecule has 1 aromatic carbocycles. The SMILES string of the molecule is Cc1ccc(Cl)c(NC(=O)NCCOc2ccc(-c3ccco3)nn2)c1. The van der Waals surface area contributed by atoms with Gasteiger partial charge in [0, 0.05) is 6.07 Å². The van der Waals surface area contributed by atoms with Crippen molar-refractivity contribution in [3.05, 3.63) is 59.3 Å². The molecular weight excluding hydrogens is 356 g/mol. The van der Waals surface area contributed by atoms with Crippen LogP contribution in [0.2, 0.25) is 5.02 Å². The molecule has 0 bridgehead atoms. The second-order valence-corrected chi connectivity index (χ2v) is 5.85. The van der Waals surface area contributed by atoms with Gasteiger partial charge in [0.05, 0.1) is 23.5 Å². The van der Waals surface area contributed by atoms with Gasteiger partial charge in [-0.2, -0.15) is 0 Å². The fourth-order valence-corrected chi connectivity index (χ4v) is 2.34. The predicted octanol–water partition coefficient (Wildman–Crippen LogP) is 3.90. The molecule has 0 saturated heterocycles. The molecule has 0 saturated carbocycles. The van der Waals surface area contributed by atoms with Gasteiger partial charge in [-0.25, -0.2) is 4.79 Å². The standard InChI is InChI=1S/C18H17ClN4O3/c1-12-4-5-13(19)15(11-12)21-18(24)20-8-10-26-17-7-6-14(22-23-17)16-3-2-9-25-16/h2-7,9,11H,8,10H2,1H3,(H2,20,21,24). The van der Waals surface area contributed by atoms with Gasteiger partial charge >= 0.3 is 6.03 Å². The Morgan fingerprint density at radius 1 is 1.23 bits per heavy atom. The summed E-state index contributed by atoms with van der Waals surface area (Å²) in [5, 5.41) is 13.9. The topological polar surface area (TPSA) is 89.3 Å². The summed E-state index contributed by atoms with van der Waals surface area (Å²) in [4.78, 5) is 11.9. The zero-order valence-corrected chi connectivity index (χ0v) is 14.8. The van der Waals surface area contributed by atoms with Gasteiger partial charge in [-0.3, -0.25) is 0 Å². The van der Waals surface area contributed by atoms with Crippen molar-refractivity contribution in [3.8, 4) is 17.3 Å². The first-order valence-electron chi connectivity index (χ1n) is 7.93. The first-order valence-corrected chi connectivity index (χ1v) is 8.31. The van der Waals surface area contributed by atoms with Crippen molar-refractivity contribution in [1.29, 1.82) is 0 Å². The number of ether oxygens (including phenoxy) is 1. The maximum absolute atomic E-state index is 11.9. The van der Waals surface area contributed by atoms with Crippen molar-refractivity contribution in [3.63, 3.8) is 0 Å². The van der Waals surface area contributed by atoms with E-state index in [4.69, 9.17) is 20.8 Å². The summed E-state index contributed by atoms with van der Waals surface area (Å²) < 4.78 is 10.7. The minimum atomic E-state index is -0.361. The summed E-state index contributed by atoms with van der Waals surface area (Å²) in [7, 11) is 0. The maximum atomic E-state index is 11.9. The highest BCUT2D eigenvalue weighted by Crippen LogP contribution is 2.22. The van der Waals surface area contributed by atoms with Crippen LogP contribution in [0, 0.1) is 6.92 Å². The van der Waals surface area contributed by atoms with Crippen LogP contribution in [0.3, 0.4) is 0 Å². The van der Waals surface area contributed by atoms with Crippen LogP contribution in [0.25, 0.3) is 11.5 Å². The van der Waals surface area contributed by atoms with E-state index in [1.807, 2.05) is 13.0 Å². The van der Waals surface area contributed by atoms with Crippen LogP contribution in [0.15, 0.2) is 53.1 Å². The van der Waals surface area contributed by atoms with E-state index in [1.54, 1.807) is 42.7 Å². The third kappa shape index (κ3) is 4.73. The van der Waals surface area contributed by atoms with Gasteiger partial charge in [0.15, 0.2) is 5.76 Å². The number of carbonyl (C=O) groups excluding carboxylic acids is 1. The van der Waals surface area contributed by atoms with Crippen LogP contribution < -0.4 is 15.4 Å². The molecule has 3 rings (SSSR count). The van der Waals surface area contributed by atoms with E-state index in [1.165, 1.54) is 0 Å². The quantitative estimate of drug-likeness (QED) is 0.640. The Morgan fingerprint density at radius 3 is 2.85 bits per heavy atom. The first-order chi connectivity index (χ1) is 12.6. The Balaban J connectivity index is 1.42. The number of aryl methyl sites for hydroxylation is 1. The van der Waals surface area contributed by atoms with Gasteiger partial charge in [0.2, 0.25) is 5.88 Å². The Kier molecular flexibility index (Phi) is 5.70. The smallest absolute Gasteiger partial charge is 0.319 e. The molecule has 0 aliphatic heterocycles. The molecule has 3 aromatic rings. The molecule has 0 spiro atoms. The predicted molar refractivity (Wildman–Crippen MR) is 98.4 cm³/mol. The van der Waals surface area contributed by atoms with Crippen LogP contribution >= 0.6 is 11.6 Å². The maximum Gasteiger partial charge on any atom is 0.319 e. The van der Waals surface area contributed by atoms with E-state index < -0.39 is 0 Å². The van der Waals surface area contributed by atoms with Crippen molar-refractivity contribution < 1.29 is 13.9 Å². The molecule has 0 aliphatic rings. The summed E-state index contributed by atoms with van der Waals surface area (Å²) in [5.41, 5.74) is 2.18. The highest BCUT2D eigenvalue weighted by atomic mass is 35.5. The Labute approximate surface area is 155 Å². The molecular formula is C18H17ClN4O3. The summed E-state index contributed by atoms with van der Waals surface area (Å²) in [6.45, 7) is 2.48. The summed E-state index contributed by atoms with van der Waals surface area (Å²) in [6, 6.07) is 12.1. The summed E-state index contributed by atoms with van der Waals surface area (Å²) >= 11 is 6.04. The molecule has 2 N–H and O–H groups in total. The number of aromatic nitrogens is 2. The monoisotopic (exact) mass is 372 g/mol. The number of nitrogens with one attached hydrogen (secondary N) is 2. The molecule has 7 nitrogen and oxygen atoms in total. The number of hydrogen-bond donors (Lipinski definition) is 2. The van der Waals surface area contributed by atoms with E-state index in [-0.39, 0.29) is 12.6 Å². The minimum absolute atomic E-state index is 0.254. The average molecular weight is 373 g/mol. The van der Waals surface area contributed by atoms with Gasteiger partial charge in [0.25, 0.3) is 0 Å². The van der Waals surface area contributed by atoms with E-state index in [2.05, 4.69) is 20.8 Å². The number of rotatable bonds is 6. The highest BCUT2D eigenvalue weighted by molar-refractivity contribution is 6.33. The number of furan rings is 1. The lowest BCUT2D eigenvalue weighted by Gasteiger charge is -2.10. The molecule has 2 aromatic heterocycles. The summed E-state index contributed by atoms with van der Waals surface area (Å²) in [6.07, 6.45) is 1.57. The number of anilines is 1. The third-order valence-electron chi connectivity index (χ3n) is 3.42. The number of amides is 2. The summed E-state index contributed by atoms with van der Waals surface area (Å²) in [5.74, 6) is 1.00. The fraction of sp³-hybridized carbons (Fsp3) is 0.167. The Bertz CT molecular complexity index is 867. The van der Waals surface area contributed by atoms with Crippen molar-refractivity contribution in [2.45, 2.75) is 6.92 Å². The van der Waals surface area contributed by atoms with Crippen LogP contribution in [-0.4, -0.2) is 29.4 Å². The Hall–Kier alpha value is -3.06. The second kappa shape index (κ2) is 8.35. The van der Waals surface area contributed by atoms with Crippen molar-refractivity contribution in [2.24, 2.45) is 0 Å². The molecule has 2 amide bonds. The lowest BCUT2D eigenvalue weighted by Crippen LogP contribution is -2.32. The minimum Gasteiger partial charge on any atom is -0.475 e. The van der Waals surface area contributed by atoms with E-state index in [9.17, 15) is 4.79 Å². The molecule has 26 heavy (non-hydrogen) atoms. The van der Waals surface area contributed by atoms with Gasteiger partial charge in [-0.05, 0) is 42.8 Å². The van der Waals surface area contributed by atoms with Gasteiger partial charge in [0.1, 0.15) is 12.3 Å². The molecule has 0 radical (unpaired) electrons. The largest absolute Gasteiger partial charge is 0.475 e. The van der Waals surface area contributed by atoms with Crippen molar-refractivity contribution >= 4 is 23.3 Å². The van der Waals surface area contributed by atoms with Crippen LogP contribution in [0.1, 0.15) is 5.56 Å². The first kappa shape index (κ1) is 17.8. The molecule has 0 atom stereocenters. The van der Waals surface area contributed by atoms with E-state index in [0.29, 0.717) is 34.6 Å². The zero-order chi connectivity index (χ0) is 18.4. The number of hydrogen-bond acceptors (Lipinski definition) is 5. The second-order valence-electron chi connectivity index (χ2n) is 5.45. The van der Waals surface area contributed by atoms with Gasteiger partial charge < -0.3 is 19.8 Å². The van der Waals surface area contributed by atoms with Crippen molar-refractivity contribution in [2.75, 3.05) is 18.5 Å². The van der Waals surface area contributed by atoms with Gasteiger partial charge in [-0.15, -0.1) is 10.2 Å². The molecule has 8 heteroatoms. The normalized spacial score (nSPS) is 10.4. The van der Waals surface area contributed by atoms with Crippen LogP contribution in [-0.2, 0) is 0 Å². The van der Waals surface area contributed by atoms with Crippen molar-refractivity contribution in [1.82, 2.24) is 15.5 Å². The van der Waals surface area contributed by atoms with Crippen LogP contribution in [0.5, 0.6) is 5.88 Å². The lowest BCUT2D eigenvalue weighted by atomic mass is 10.2. The third-order valence-corrected chi connectivity index (χ3v) is 3.75. The fourth-order valence-electron chi connectivity index (χ4n) is 2.17. The number of halogens is 1. The number of nitrogens with zero attached hydrogens (tertiary/aromatic N) is 2. The van der Waals surface area contributed by atoms with Crippen LogP contribution in [0.4, 0.5) is 10.5 Å². The molecule has 2 heterocycles. The Morgan fingerprint density at radius 2 is 2.12 bits per heavy atom. The number of urea groups is 1. The average Bonchev–Trinajstić information content (AvgIpc) is 3.17. The number of benzene rings is 1. The number of carbonyl (C=O) groups is 1. The molecule has 0 unspecified atom stereocenters. The van der Waals surface area contributed by atoms with E-state index >= 15 is 0 Å².